The number of halogens is 1. The Balaban J connectivity index is 1.91. The SMILES string of the molecule is COc1ccc(N(CC(=O)N(Cc2ccccc2F)[C@H](C)C(=O)NC2CCCCC2)S(C)(=O)=O)cc1OC. The number of sulfonamides is 1. The molecule has 2 aromatic carbocycles. The lowest BCUT2D eigenvalue weighted by Gasteiger charge is -2.33. The largest absolute Gasteiger partial charge is 0.493 e. The number of rotatable bonds is 11. The molecule has 1 aliphatic carbocycles. The minimum absolute atomic E-state index is 0.0170. The highest BCUT2D eigenvalue weighted by Crippen LogP contribution is 2.32. The van der Waals surface area contributed by atoms with Crippen molar-refractivity contribution in [2.45, 2.75) is 57.7 Å². The van der Waals surface area contributed by atoms with Gasteiger partial charge in [0, 0.05) is 24.2 Å². The smallest absolute Gasteiger partial charge is 0.244 e. The molecule has 0 aromatic heterocycles. The summed E-state index contributed by atoms with van der Waals surface area (Å²) in [5, 5.41) is 3.01. The summed E-state index contributed by atoms with van der Waals surface area (Å²) in [7, 11) is -1.05. The number of hydrogen-bond donors (Lipinski definition) is 1. The Labute approximate surface area is 224 Å². The van der Waals surface area contributed by atoms with Crippen LogP contribution in [0.3, 0.4) is 0 Å². The molecule has 2 amide bonds. The molecule has 0 radical (unpaired) electrons. The number of amides is 2. The van der Waals surface area contributed by atoms with Gasteiger partial charge < -0.3 is 19.7 Å². The van der Waals surface area contributed by atoms with Crippen molar-refractivity contribution in [3.63, 3.8) is 0 Å². The first-order chi connectivity index (χ1) is 18.0. The van der Waals surface area contributed by atoms with Gasteiger partial charge in [-0.3, -0.25) is 13.9 Å². The van der Waals surface area contributed by atoms with E-state index in [-0.39, 0.29) is 35.5 Å². The lowest BCUT2D eigenvalue weighted by Crippen LogP contribution is -2.53. The van der Waals surface area contributed by atoms with Crippen LogP contribution in [-0.4, -0.2) is 64.2 Å². The minimum atomic E-state index is -3.93. The molecule has 2 aromatic rings. The van der Waals surface area contributed by atoms with Crippen LogP contribution in [-0.2, 0) is 26.2 Å². The summed E-state index contributed by atoms with van der Waals surface area (Å²) in [6, 6.07) is 9.52. The maximum absolute atomic E-state index is 14.6. The number of benzene rings is 2. The number of anilines is 1. The van der Waals surface area contributed by atoms with Gasteiger partial charge >= 0.3 is 0 Å². The highest BCUT2D eigenvalue weighted by atomic mass is 32.2. The van der Waals surface area contributed by atoms with Gasteiger partial charge in [-0.05, 0) is 38.0 Å². The Morgan fingerprint density at radius 3 is 2.32 bits per heavy atom. The van der Waals surface area contributed by atoms with Gasteiger partial charge in [-0.15, -0.1) is 0 Å². The van der Waals surface area contributed by atoms with Crippen LogP contribution in [0, 0.1) is 5.82 Å². The second-order valence-corrected chi connectivity index (χ2v) is 11.3. The number of hydrogen-bond acceptors (Lipinski definition) is 6. The summed E-state index contributed by atoms with van der Waals surface area (Å²) in [4.78, 5) is 28.1. The molecular weight excluding hydrogens is 513 g/mol. The first kappa shape index (κ1) is 29.2. The summed E-state index contributed by atoms with van der Waals surface area (Å²) in [5.74, 6) is -0.858. The van der Waals surface area contributed by atoms with E-state index in [1.54, 1.807) is 13.0 Å². The number of nitrogens with one attached hydrogen (secondary N) is 1. The number of carbonyl (C=O) groups excluding carboxylic acids is 2. The molecule has 1 fully saturated rings. The van der Waals surface area contributed by atoms with Crippen molar-refractivity contribution in [1.29, 1.82) is 0 Å². The second-order valence-electron chi connectivity index (χ2n) is 9.44. The highest BCUT2D eigenvalue weighted by molar-refractivity contribution is 7.92. The molecule has 208 valence electrons. The summed E-state index contributed by atoms with van der Waals surface area (Å²) in [5.41, 5.74) is 0.402. The van der Waals surface area contributed by atoms with Crippen LogP contribution in [0.5, 0.6) is 11.5 Å². The topological polar surface area (TPSA) is 105 Å². The monoisotopic (exact) mass is 549 g/mol. The Bertz CT molecular complexity index is 1230. The summed E-state index contributed by atoms with van der Waals surface area (Å²) in [6.45, 7) is 0.774. The van der Waals surface area contributed by atoms with Crippen molar-refractivity contribution in [3.8, 4) is 11.5 Å². The lowest BCUT2D eigenvalue weighted by molar-refractivity contribution is -0.139. The fourth-order valence-corrected chi connectivity index (χ4v) is 5.40. The van der Waals surface area contributed by atoms with Gasteiger partial charge in [0.15, 0.2) is 11.5 Å². The van der Waals surface area contributed by atoms with E-state index in [1.807, 2.05) is 0 Å². The van der Waals surface area contributed by atoms with Crippen molar-refractivity contribution >= 4 is 27.5 Å². The number of nitrogens with zero attached hydrogens (tertiary/aromatic N) is 2. The van der Waals surface area contributed by atoms with Crippen molar-refractivity contribution < 1.29 is 31.9 Å². The fourth-order valence-electron chi connectivity index (χ4n) is 4.56. The molecule has 0 spiro atoms. The first-order valence-electron chi connectivity index (χ1n) is 12.6. The number of carbonyl (C=O) groups is 2. The zero-order valence-corrected chi connectivity index (χ0v) is 23.1. The van der Waals surface area contributed by atoms with Crippen molar-refractivity contribution in [2.24, 2.45) is 0 Å². The van der Waals surface area contributed by atoms with Gasteiger partial charge in [0.25, 0.3) is 0 Å². The third kappa shape index (κ3) is 7.37. The van der Waals surface area contributed by atoms with Crippen LogP contribution in [0.1, 0.15) is 44.6 Å². The van der Waals surface area contributed by atoms with Gasteiger partial charge in [-0.1, -0.05) is 37.5 Å². The van der Waals surface area contributed by atoms with Gasteiger partial charge in [0.1, 0.15) is 18.4 Å². The summed E-state index contributed by atoms with van der Waals surface area (Å²) >= 11 is 0. The Morgan fingerprint density at radius 2 is 1.71 bits per heavy atom. The van der Waals surface area contributed by atoms with Crippen LogP contribution in [0.4, 0.5) is 10.1 Å². The third-order valence-electron chi connectivity index (χ3n) is 6.75. The van der Waals surface area contributed by atoms with E-state index in [2.05, 4.69) is 5.32 Å². The molecule has 0 aliphatic heterocycles. The molecule has 1 saturated carbocycles. The molecule has 1 aliphatic rings. The average molecular weight is 550 g/mol. The van der Waals surface area contributed by atoms with Crippen LogP contribution < -0.4 is 19.1 Å². The van der Waals surface area contributed by atoms with Crippen LogP contribution in [0.25, 0.3) is 0 Å². The predicted octanol–water partition coefficient (Wildman–Crippen LogP) is 3.48. The third-order valence-corrected chi connectivity index (χ3v) is 7.89. The molecule has 9 nitrogen and oxygen atoms in total. The van der Waals surface area contributed by atoms with Gasteiger partial charge in [0.2, 0.25) is 21.8 Å². The molecule has 38 heavy (non-hydrogen) atoms. The molecule has 0 saturated heterocycles. The molecule has 3 rings (SSSR count). The van der Waals surface area contributed by atoms with Crippen LogP contribution >= 0.6 is 0 Å². The predicted molar refractivity (Wildman–Crippen MR) is 143 cm³/mol. The molecule has 1 atom stereocenters. The Morgan fingerprint density at radius 1 is 1.05 bits per heavy atom. The molecular formula is C27H36FN3O6S. The van der Waals surface area contributed by atoms with E-state index < -0.39 is 34.3 Å². The summed E-state index contributed by atoms with van der Waals surface area (Å²) in [6.07, 6.45) is 5.87. The zero-order chi connectivity index (χ0) is 27.9. The maximum Gasteiger partial charge on any atom is 0.244 e. The van der Waals surface area contributed by atoms with Gasteiger partial charge in [0.05, 0.1) is 26.2 Å². The van der Waals surface area contributed by atoms with Crippen molar-refractivity contribution in [3.05, 3.63) is 53.8 Å². The lowest BCUT2D eigenvalue weighted by atomic mass is 9.95. The molecule has 1 N–H and O–H groups in total. The van der Waals surface area contributed by atoms with E-state index >= 15 is 0 Å². The Kier molecular flexibility index (Phi) is 9.96. The van der Waals surface area contributed by atoms with Gasteiger partial charge in [-0.25, -0.2) is 12.8 Å². The van der Waals surface area contributed by atoms with E-state index in [0.29, 0.717) is 5.75 Å². The zero-order valence-electron chi connectivity index (χ0n) is 22.3. The fraction of sp³-hybridized carbons (Fsp3) is 0.481. The standard InChI is InChI=1S/C27H36FN3O6S/c1-19(27(33)29-21-11-6-5-7-12-21)30(17-20-10-8-9-13-23(20)28)26(32)18-31(38(4,34)35)22-14-15-24(36-2)25(16-22)37-3/h8-10,13-16,19,21H,5-7,11-12,17-18H2,1-4H3,(H,29,33)/t19-/m1/s1. The van der Waals surface area contributed by atoms with Crippen molar-refractivity contribution in [1.82, 2.24) is 10.2 Å². The summed E-state index contributed by atoms with van der Waals surface area (Å²) < 4.78 is 51.5. The molecule has 0 bridgehead atoms. The second kappa shape index (κ2) is 12.9. The van der Waals surface area contributed by atoms with E-state index in [1.165, 1.54) is 55.5 Å². The first-order valence-corrected chi connectivity index (χ1v) is 14.4. The van der Waals surface area contributed by atoms with Crippen LogP contribution in [0.15, 0.2) is 42.5 Å². The number of methoxy groups -OCH3 is 2. The highest BCUT2D eigenvalue weighted by Gasteiger charge is 2.32. The maximum atomic E-state index is 14.6. The van der Waals surface area contributed by atoms with E-state index in [4.69, 9.17) is 9.47 Å². The average Bonchev–Trinajstić information content (AvgIpc) is 2.90. The molecule has 0 unspecified atom stereocenters. The van der Waals surface area contributed by atoms with E-state index in [0.717, 1.165) is 42.7 Å². The number of ether oxygens (including phenoxy) is 2. The normalized spacial score (nSPS) is 14.9. The van der Waals surface area contributed by atoms with Crippen LogP contribution in [0.2, 0.25) is 0 Å². The Hall–Kier alpha value is -3.34. The molecule has 0 heterocycles. The van der Waals surface area contributed by atoms with Gasteiger partial charge in [-0.2, -0.15) is 0 Å². The van der Waals surface area contributed by atoms with Crippen molar-refractivity contribution in [2.75, 3.05) is 31.3 Å². The quantitative estimate of drug-likeness (QED) is 0.460. The minimum Gasteiger partial charge on any atom is -0.493 e. The molecule has 11 heteroatoms. The van der Waals surface area contributed by atoms with E-state index in [9.17, 15) is 22.4 Å².